The fourth-order valence-corrected chi connectivity index (χ4v) is 2.22. The van der Waals surface area contributed by atoms with Crippen molar-refractivity contribution in [2.45, 2.75) is 33.1 Å². The summed E-state index contributed by atoms with van der Waals surface area (Å²) in [6.07, 6.45) is 1.80. The molecule has 0 saturated heterocycles. The van der Waals surface area contributed by atoms with Crippen molar-refractivity contribution in [3.8, 4) is 5.75 Å². The van der Waals surface area contributed by atoms with E-state index in [1.807, 2.05) is 19.1 Å². The zero-order valence-corrected chi connectivity index (χ0v) is 10.2. The molecule has 1 N–H and O–H groups in total. The van der Waals surface area contributed by atoms with E-state index in [1.54, 1.807) is 12.3 Å². The highest BCUT2D eigenvalue weighted by Gasteiger charge is 2.22. The quantitative estimate of drug-likeness (QED) is 0.729. The summed E-state index contributed by atoms with van der Waals surface area (Å²) in [7, 11) is 0. The highest BCUT2D eigenvalue weighted by atomic mass is 16.3. The lowest BCUT2D eigenvalue weighted by molar-refractivity contribution is 0.467. The molecule has 0 aliphatic rings. The molecule has 1 heterocycles. The van der Waals surface area contributed by atoms with Crippen molar-refractivity contribution in [2.24, 2.45) is 0 Å². The lowest BCUT2D eigenvalue weighted by Crippen LogP contribution is -2.14. The van der Waals surface area contributed by atoms with Crippen molar-refractivity contribution >= 4 is 10.9 Å². The Morgan fingerprint density at radius 2 is 1.94 bits per heavy atom. The molecule has 0 aliphatic heterocycles. The minimum absolute atomic E-state index is 0.0184. The van der Waals surface area contributed by atoms with E-state index in [0.29, 0.717) is 5.75 Å². The van der Waals surface area contributed by atoms with Gasteiger partial charge >= 0.3 is 0 Å². The number of pyridine rings is 1. The number of nitrogens with zero attached hydrogens (tertiary/aromatic N) is 1. The summed E-state index contributed by atoms with van der Waals surface area (Å²) in [5, 5.41) is 10.9. The van der Waals surface area contributed by atoms with E-state index in [0.717, 1.165) is 22.0 Å². The monoisotopic (exact) mass is 215 g/mol. The van der Waals surface area contributed by atoms with Gasteiger partial charge in [-0.25, -0.2) is 0 Å². The van der Waals surface area contributed by atoms with E-state index >= 15 is 0 Å². The lowest BCUT2D eigenvalue weighted by Gasteiger charge is -2.23. The molecule has 1 aromatic heterocycles. The molecule has 2 heteroatoms. The van der Waals surface area contributed by atoms with Crippen LogP contribution in [-0.4, -0.2) is 10.1 Å². The highest BCUT2D eigenvalue weighted by Crippen LogP contribution is 2.36. The summed E-state index contributed by atoms with van der Waals surface area (Å²) in [5.74, 6) is 0.352. The number of fused-ring (bicyclic) bond motifs is 1. The molecule has 0 unspecified atom stereocenters. The maximum atomic E-state index is 9.93. The second-order valence-corrected chi connectivity index (χ2v) is 5.22. The van der Waals surface area contributed by atoms with Crippen LogP contribution in [0.2, 0.25) is 0 Å². The van der Waals surface area contributed by atoms with Gasteiger partial charge in [-0.3, -0.25) is 4.98 Å². The summed E-state index contributed by atoms with van der Waals surface area (Å²) >= 11 is 0. The molecule has 0 aliphatic carbocycles. The van der Waals surface area contributed by atoms with Crippen LogP contribution in [0.15, 0.2) is 24.4 Å². The molecular formula is C14H17NO. The van der Waals surface area contributed by atoms with E-state index in [9.17, 15) is 5.11 Å². The third kappa shape index (κ3) is 1.64. The predicted octanol–water partition coefficient (Wildman–Crippen LogP) is 3.55. The lowest BCUT2D eigenvalue weighted by atomic mass is 9.82. The molecule has 2 rings (SSSR count). The summed E-state index contributed by atoms with van der Waals surface area (Å²) in [6.45, 7) is 8.37. The Morgan fingerprint density at radius 3 is 2.56 bits per heavy atom. The molecule has 84 valence electrons. The van der Waals surface area contributed by atoms with Gasteiger partial charge in [-0.05, 0) is 35.6 Å². The first-order valence-electron chi connectivity index (χ1n) is 5.49. The van der Waals surface area contributed by atoms with Crippen LogP contribution in [0.4, 0.5) is 0 Å². The molecule has 0 saturated carbocycles. The average molecular weight is 215 g/mol. The summed E-state index contributed by atoms with van der Waals surface area (Å²) in [6, 6.07) is 5.66. The first-order chi connectivity index (χ1) is 7.41. The first kappa shape index (κ1) is 10.9. The van der Waals surface area contributed by atoms with E-state index in [4.69, 9.17) is 0 Å². The smallest absolute Gasteiger partial charge is 0.119 e. The van der Waals surface area contributed by atoms with Gasteiger partial charge in [0.15, 0.2) is 0 Å². The Hall–Kier alpha value is -1.57. The number of hydrogen-bond acceptors (Lipinski definition) is 2. The summed E-state index contributed by atoms with van der Waals surface area (Å²) in [5.41, 5.74) is 3.03. The number of phenols is 1. The first-order valence-corrected chi connectivity index (χ1v) is 5.49. The van der Waals surface area contributed by atoms with Gasteiger partial charge in [-0.15, -0.1) is 0 Å². The van der Waals surface area contributed by atoms with E-state index < -0.39 is 0 Å². The van der Waals surface area contributed by atoms with Gasteiger partial charge < -0.3 is 5.11 Å². The Morgan fingerprint density at radius 1 is 1.25 bits per heavy atom. The Bertz CT molecular complexity index is 538. The van der Waals surface area contributed by atoms with Crippen molar-refractivity contribution < 1.29 is 5.11 Å². The average Bonchev–Trinajstić information content (AvgIpc) is 2.17. The fourth-order valence-electron chi connectivity index (χ4n) is 2.22. The van der Waals surface area contributed by atoms with Gasteiger partial charge in [0, 0.05) is 11.6 Å². The molecule has 0 spiro atoms. The van der Waals surface area contributed by atoms with Crippen LogP contribution in [0.5, 0.6) is 5.75 Å². The zero-order valence-electron chi connectivity index (χ0n) is 10.2. The van der Waals surface area contributed by atoms with Gasteiger partial charge in [0.05, 0.1) is 5.52 Å². The third-order valence-corrected chi connectivity index (χ3v) is 2.88. The van der Waals surface area contributed by atoms with Crippen LogP contribution >= 0.6 is 0 Å². The molecule has 2 nitrogen and oxygen atoms in total. The number of phenolic OH excluding ortho intramolecular Hbond substituents is 1. The zero-order chi connectivity index (χ0) is 11.9. The van der Waals surface area contributed by atoms with Crippen molar-refractivity contribution in [1.82, 2.24) is 4.98 Å². The number of aromatic hydroxyl groups is 1. The second kappa shape index (κ2) is 3.48. The minimum atomic E-state index is -0.0184. The SMILES string of the molecule is Cc1c(O)cc2cccnc2c1C(C)(C)C. The largest absolute Gasteiger partial charge is 0.508 e. The van der Waals surface area contributed by atoms with Gasteiger partial charge in [0.2, 0.25) is 0 Å². The van der Waals surface area contributed by atoms with Gasteiger partial charge in [0.1, 0.15) is 5.75 Å². The number of hydrogen-bond donors (Lipinski definition) is 1. The molecular weight excluding hydrogens is 198 g/mol. The number of rotatable bonds is 0. The van der Waals surface area contributed by atoms with Gasteiger partial charge in [0.25, 0.3) is 0 Å². The summed E-state index contributed by atoms with van der Waals surface area (Å²) in [4.78, 5) is 4.44. The Kier molecular flexibility index (Phi) is 2.38. The topological polar surface area (TPSA) is 33.1 Å². The Balaban J connectivity index is 2.93. The maximum absolute atomic E-state index is 9.93. The second-order valence-electron chi connectivity index (χ2n) is 5.22. The maximum Gasteiger partial charge on any atom is 0.119 e. The number of aromatic nitrogens is 1. The van der Waals surface area contributed by atoms with Crippen molar-refractivity contribution in [1.29, 1.82) is 0 Å². The molecule has 0 amide bonds. The summed E-state index contributed by atoms with van der Waals surface area (Å²) < 4.78 is 0. The predicted molar refractivity (Wildman–Crippen MR) is 66.8 cm³/mol. The fraction of sp³-hybridized carbons (Fsp3) is 0.357. The van der Waals surface area contributed by atoms with Crippen molar-refractivity contribution in [3.05, 3.63) is 35.5 Å². The van der Waals surface area contributed by atoms with Crippen LogP contribution < -0.4 is 0 Å². The molecule has 2 aromatic rings. The third-order valence-electron chi connectivity index (χ3n) is 2.88. The van der Waals surface area contributed by atoms with Crippen molar-refractivity contribution in [3.63, 3.8) is 0 Å². The van der Waals surface area contributed by atoms with Crippen LogP contribution in [-0.2, 0) is 5.41 Å². The van der Waals surface area contributed by atoms with Gasteiger partial charge in [-0.2, -0.15) is 0 Å². The van der Waals surface area contributed by atoms with Crippen LogP contribution in [0, 0.1) is 6.92 Å². The van der Waals surface area contributed by atoms with E-state index in [2.05, 4.69) is 25.8 Å². The minimum Gasteiger partial charge on any atom is -0.508 e. The van der Waals surface area contributed by atoms with Crippen LogP contribution in [0.1, 0.15) is 31.9 Å². The normalized spacial score (nSPS) is 12.0. The molecule has 0 radical (unpaired) electrons. The molecule has 0 fully saturated rings. The van der Waals surface area contributed by atoms with E-state index in [1.165, 1.54) is 0 Å². The van der Waals surface area contributed by atoms with Crippen LogP contribution in [0.3, 0.4) is 0 Å². The van der Waals surface area contributed by atoms with Gasteiger partial charge in [-0.1, -0.05) is 26.8 Å². The van der Waals surface area contributed by atoms with Crippen molar-refractivity contribution in [2.75, 3.05) is 0 Å². The standard InChI is InChI=1S/C14H17NO/c1-9-11(16)8-10-6-5-7-15-13(10)12(9)14(2,3)4/h5-8,16H,1-4H3. The van der Waals surface area contributed by atoms with E-state index in [-0.39, 0.29) is 5.41 Å². The molecule has 0 atom stereocenters. The highest BCUT2D eigenvalue weighted by molar-refractivity contribution is 5.85. The molecule has 16 heavy (non-hydrogen) atoms. The van der Waals surface area contributed by atoms with Crippen LogP contribution in [0.25, 0.3) is 10.9 Å². The molecule has 0 bridgehead atoms. The Labute approximate surface area is 96.0 Å². The number of benzene rings is 1. The molecule has 1 aromatic carbocycles.